The fraction of sp³-hybridized carbons (Fsp3) is 0.462. The molecule has 2 rings (SSSR count). The first-order valence-electron chi connectivity index (χ1n) is 5.71. The van der Waals surface area contributed by atoms with Crippen LogP contribution in [0.4, 0.5) is 0 Å². The van der Waals surface area contributed by atoms with Crippen molar-refractivity contribution in [2.45, 2.75) is 18.3 Å². The molecule has 0 bridgehead atoms. The summed E-state index contributed by atoms with van der Waals surface area (Å²) in [5.74, 6) is 0.160. The lowest BCUT2D eigenvalue weighted by atomic mass is 9.58. The Hall–Kier alpha value is -1.55. The minimum Gasteiger partial charge on any atom is -0.496 e. The number of carboxylic acids is 1. The van der Waals surface area contributed by atoms with Crippen molar-refractivity contribution in [3.8, 4) is 5.75 Å². The summed E-state index contributed by atoms with van der Waals surface area (Å²) in [5.41, 5.74) is 5.53. The Balaban J connectivity index is 2.38. The van der Waals surface area contributed by atoms with E-state index in [1.807, 2.05) is 18.2 Å². The van der Waals surface area contributed by atoms with Gasteiger partial charge in [-0.2, -0.15) is 0 Å². The van der Waals surface area contributed by atoms with Crippen LogP contribution in [-0.4, -0.2) is 24.7 Å². The van der Waals surface area contributed by atoms with Gasteiger partial charge in [0.1, 0.15) is 5.75 Å². The molecule has 1 aromatic rings. The van der Waals surface area contributed by atoms with Crippen molar-refractivity contribution in [1.29, 1.82) is 0 Å². The zero-order chi connectivity index (χ0) is 12.5. The third kappa shape index (κ3) is 1.78. The first-order chi connectivity index (χ1) is 8.14. The molecular weight excluding hydrogens is 218 g/mol. The molecule has 4 nitrogen and oxygen atoms in total. The second-order valence-electron chi connectivity index (χ2n) is 4.60. The van der Waals surface area contributed by atoms with Gasteiger partial charge in [-0.15, -0.1) is 0 Å². The van der Waals surface area contributed by atoms with Crippen molar-refractivity contribution in [2.24, 2.45) is 11.7 Å². The lowest BCUT2D eigenvalue weighted by Crippen LogP contribution is -2.50. The predicted molar refractivity (Wildman–Crippen MR) is 64.1 cm³/mol. The molecule has 0 aliphatic heterocycles. The number of hydrogen-bond acceptors (Lipinski definition) is 3. The highest BCUT2D eigenvalue weighted by atomic mass is 16.5. The second-order valence-corrected chi connectivity index (χ2v) is 4.60. The van der Waals surface area contributed by atoms with Gasteiger partial charge in [-0.25, -0.2) is 0 Å². The number of aliphatic carboxylic acids is 1. The summed E-state index contributed by atoms with van der Waals surface area (Å²) >= 11 is 0. The van der Waals surface area contributed by atoms with E-state index in [9.17, 15) is 9.90 Å². The van der Waals surface area contributed by atoms with Gasteiger partial charge in [-0.05, 0) is 31.4 Å². The van der Waals surface area contributed by atoms with Crippen molar-refractivity contribution in [2.75, 3.05) is 13.7 Å². The molecule has 0 unspecified atom stereocenters. The van der Waals surface area contributed by atoms with Crippen LogP contribution in [0.25, 0.3) is 0 Å². The molecule has 0 radical (unpaired) electrons. The molecule has 0 amide bonds. The molecule has 1 aliphatic carbocycles. The fourth-order valence-electron chi connectivity index (χ4n) is 2.64. The van der Waals surface area contributed by atoms with E-state index >= 15 is 0 Å². The van der Waals surface area contributed by atoms with Crippen molar-refractivity contribution in [3.05, 3.63) is 29.8 Å². The summed E-state index contributed by atoms with van der Waals surface area (Å²) < 4.78 is 5.25. The van der Waals surface area contributed by atoms with E-state index in [2.05, 4.69) is 0 Å². The van der Waals surface area contributed by atoms with Crippen LogP contribution in [0.15, 0.2) is 24.3 Å². The number of para-hydroxylation sites is 1. The Labute approximate surface area is 100 Å². The van der Waals surface area contributed by atoms with Gasteiger partial charge in [0.25, 0.3) is 0 Å². The van der Waals surface area contributed by atoms with E-state index in [-0.39, 0.29) is 0 Å². The molecule has 17 heavy (non-hydrogen) atoms. The van der Waals surface area contributed by atoms with E-state index in [1.54, 1.807) is 13.2 Å². The standard InChI is InChI=1S/C13H17NO3/c1-17-11-5-3-2-4-10(11)13(12(15)16)6-9(7-13)8-14/h2-5,9H,6-8,14H2,1H3,(H,15,16). The van der Waals surface area contributed by atoms with Crippen LogP contribution >= 0.6 is 0 Å². The Morgan fingerprint density at radius 1 is 1.53 bits per heavy atom. The molecule has 0 atom stereocenters. The van der Waals surface area contributed by atoms with Crippen molar-refractivity contribution >= 4 is 5.97 Å². The summed E-state index contributed by atoms with van der Waals surface area (Å²) in [7, 11) is 1.56. The lowest BCUT2D eigenvalue weighted by molar-refractivity contribution is -0.149. The Kier molecular flexibility index (Phi) is 3.07. The van der Waals surface area contributed by atoms with Crippen LogP contribution in [0.3, 0.4) is 0 Å². The normalized spacial score (nSPS) is 27.3. The number of carbonyl (C=O) groups is 1. The number of methoxy groups -OCH3 is 1. The average Bonchev–Trinajstić information content (AvgIpc) is 2.28. The van der Waals surface area contributed by atoms with E-state index in [4.69, 9.17) is 10.5 Å². The lowest BCUT2D eigenvalue weighted by Gasteiger charge is -2.44. The summed E-state index contributed by atoms with van der Waals surface area (Å²) in [6, 6.07) is 7.32. The highest BCUT2D eigenvalue weighted by Crippen LogP contribution is 2.50. The third-order valence-corrected chi connectivity index (χ3v) is 3.64. The maximum Gasteiger partial charge on any atom is 0.314 e. The summed E-state index contributed by atoms with van der Waals surface area (Å²) in [6.07, 6.45) is 1.19. The molecule has 1 saturated carbocycles. The molecule has 0 saturated heterocycles. The van der Waals surface area contributed by atoms with Gasteiger partial charge < -0.3 is 15.6 Å². The molecule has 0 aromatic heterocycles. The van der Waals surface area contributed by atoms with Gasteiger partial charge in [-0.3, -0.25) is 4.79 Å². The van der Waals surface area contributed by atoms with Crippen LogP contribution in [-0.2, 0) is 10.2 Å². The number of hydrogen-bond donors (Lipinski definition) is 2. The van der Waals surface area contributed by atoms with Crippen LogP contribution in [0, 0.1) is 5.92 Å². The fourth-order valence-corrected chi connectivity index (χ4v) is 2.64. The van der Waals surface area contributed by atoms with E-state index in [0.29, 0.717) is 31.1 Å². The number of nitrogens with two attached hydrogens (primary N) is 1. The van der Waals surface area contributed by atoms with Crippen molar-refractivity contribution in [3.63, 3.8) is 0 Å². The van der Waals surface area contributed by atoms with Crippen molar-refractivity contribution < 1.29 is 14.6 Å². The summed E-state index contributed by atoms with van der Waals surface area (Å²) in [6.45, 7) is 0.546. The highest BCUT2D eigenvalue weighted by Gasteiger charge is 2.52. The number of rotatable bonds is 4. The monoisotopic (exact) mass is 235 g/mol. The minimum absolute atomic E-state index is 0.302. The number of benzene rings is 1. The van der Waals surface area contributed by atoms with Crippen LogP contribution in [0.2, 0.25) is 0 Å². The molecule has 1 aromatic carbocycles. The second kappa shape index (κ2) is 4.37. The van der Waals surface area contributed by atoms with E-state index < -0.39 is 11.4 Å². The minimum atomic E-state index is -0.809. The molecule has 3 N–H and O–H groups in total. The van der Waals surface area contributed by atoms with Gasteiger partial charge in [0.05, 0.1) is 12.5 Å². The molecule has 92 valence electrons. The zero-order valence-corrected chi connectivity index (χ0v) is 9.85. The third-order valence-electron chi connectivity index (χ3n) is 3.64. The van der Waals surface area contributed by atoms with Gasteiger partial charge in [0.2, 0.25) is 0 Å². The SMILES string of the molecule is COc1ccccc1C1(C(=O)O)CC(CN)C1. The number of ether oxygens (including phenoxy) is 1. The zero-order valence-electron chi connectivity index (χ0n) is 9.85. The molecule has 1 aliphatic rings. The summed E-state index contributed by atoms with van der Waals surface area (Å²) in [4.78, 5) is 11.5. The smallest absolute Gasteiger partial charge is 0.314 e. The first kappa shape index (κ1) is 11.9. The maximum atomic E-state index is 11.5. The largest absolute Gasteiger partial charge is 0.496 e. The first-order valence-corrected chi connectivity index (χ1v) is 5.71. The van der Waals surface area contributed by atoms with E-state index in [0.717, 1.165) is 5.56 Å². The molecule has 0 spiro atoms. The van der Waals surface area contributed by atoms with Gasteiger partial charge >= 0.3 is 5.97 Å². The van der Waals surface area contributed by atoms with Crippen molar-refractivity contribution in [1.82, 2.24) is 0 Å². The van der Waals surface area contributed by atoms with Gasteiger partial charge in [-0.1, -0.05) is 18.2 Å². The molecule has 0 heterocycles. The maximum absolute atomic E-state index is 11.5. The highest BCUT2D eigenvalue weighted by molar-refractivity contribution is 5.84. The van der Waals surface area contributed by atoms with E-state index in [1.165, 1.54) is 0 Å². The van der Waals surface area contributed by atoms with Crippen LogP contribution in [0.5, 0.6) is 5.75 Å². The van der Waals surface area contributed by atoms with Crippen LogP contribution in [0.1, 0.15) is 18.4 Å². The quantitative estimate of drug-likeness (QED) is 0.827. The average molecular weight is 235 g/mol. The summed E-state index contributed by atoms with van der Waals surface area (Å²) in [5, 5.41) is 9.47. The number of carboxylic acid groups (broad SMARTS) is 1. The predicted octanol–water partition coefficient (Wildman–Crippen LogP) is 1.39. The Morgan fingerprint density at radius 2 is 2.18 bits per heavy atom. The molecular formula is C13H17NO3. The molecule has 4 heteroatoms. The Morgan fingerprint density at radius 3 is 2.71 bits per heavy atom. The van der Waals surface area contributed by atoms with Gasteiger partial charge in [0, 0.05) is 5.56 Å². The van der Waals surface area contributed by atoms with Gasteiger partial charge in [0.15, 0.2) is 0 Å². The van der Waals surface area contributed by atoms with Crippen LogP contribution < -0.4 is 10.5 Å². The topological polar surface area (TPSA) is 72.5 Å². The molecule has 1 fully saturated rings. The Bertz CT molecular complexity index is 424.